The van der Waals surface area contributed by atoms with Crippen LogP contribution >= 0.6 is 11.6 Å². The van der Waals surface area contributed by atoms with Crippen molar-refractivity contribution in [2.75, 3.05) is 0 Å². The lowest BCUT2D eigenvalue weighted by Gasteiger charge is -2.13. The Bertz CT molecular complexity index is 1010. The van der Waals surface area contributed by atoms with Gasteiger partial charge in [0.15, 0.2) is 10.6 Å². The van der Waals surface area contributed by atoms with Crippen molar-refractivity contribution in [3.63, 3.8) is 0 Å². The Hall–Kier alpha value is -2.06. The van der Waals surface area contributed by atoms with Gasteiger partial charge in [0.25, 0.3) is 5.56 Å². The highest BCUT2D eigenvalue weighted by molar-refractivity contribution is 7.87. The van der Waals surface area contributed by atoms with E-state index in [0.717, 1.165) is 10.1 Å². The van der Waals surface area contributed by atoms with Gasteiger partial charge < -0.3 is 4.18 Å². The smallest absolute Gasteiger partial charge is 0.346 e. The summed E-state index contributed by atoms with van der Waals surface area (Å²) in [5.41, 5.74) is -0.846. The normalized spacial score (nSPS) is 11.5. The van der Waals surface area contributed by atoms with Gasteiger partial charge >= 0.3 is 15.8 Å². The van der Waals surface area contributed by atoms with Crippen LogP contribution in [0.15, 0.2) is 32.7 Å². The van der Waals surface area contributed by atoms with Gasteiger partial charge in [0, 0.05) is 19.8 Å². The monoisotopic (exact) mass is 358 g/mol. The number of aromatic nitrogens is 2. The summed E-state index contributed by atoms with van der Waals surface area (Å²) in [4.78, 5) is 23.4. The largest absolute Gasteiger partial charge is 0.377 e. The molecule has 7 nitrogen and oxygen atoms in total. The maximum absolute atomic E-state index is 12.5. The van der Waals surface area contributed by atoms with Crippen LogP contribution in [0.3, 0.4) is 0 Å². The topological polar surface area (TPSA) is 87.4 Å². The van der Waals surface area contributed by atoms with Crippen molar-refractivity contribution in [2.45, 2.75) is 18.7 Å². The first-order valence-electron chi connectivity index (χ1n) is 6.53. The highest BCUT2D eigenvalue weighted by atomic mass is 35.5. The minimum absolute atomic E-state index is 0.0122. The molecule has 1 aromatic heterocycles. The zero-order valence-electron chi connectivity index (χ0n) is 13.0. The fourth-order valence-corrected chi connectivity index (χ4v) is 3.55. The van der Waals surface area contributed by atoms with E-state index in [-0.39, 0.29) is 16.5 Å². The molecule has 2 rings (SSSR count). The standard InChI is InChI=1S/C14H15ClN2O5S/c1-8-5-6-10(15)11(7-8)22-23(20,21)12-9(2)16(3)14(19)17(4)13(12)18/h5-7H,1-4H3. The Morgan fingerprint density at radius 3 is 2.30 bits per heavy atom. The van der Waals surface area contributed by atoms with Gasteiger partial charge in [-0.25, -0.2) is 4.79 Å². The molecule has 0 amide bonds. The molecule has 0 bridgehead atoms. The minimum atomic E-state index is -4.45. The van der Waals surface area contributed by atoms with Crippen molar-refractivity contribution in [2.24, 2.45) is 14.1 Å². The van der Waals surface area contributed by atoms with Gasteiger partial charge in [-0.1, -0.05) is 17.7 Å². The van der Waals surface area contributed by atoms with E-state index in [1.54, 1.807) is 13.0 Å². The highest BCUT2D eigenvalue weighted by Gasteiger charge is 2.28. The molecule has 0 aliphatic heterocycles. The molecule has 1 aromatic carbocycles. The first kappa shape index (κ1) is 17.3. The summed E-state index contributed by atoms with van der Waals surface area (Å²) in [6.07, 6.45) is 0. The van der Waals surface area contributed by atoms with E-state index in [1.807, 2.05) is 0 Å². The molecule has 0 radical (unpaired) electrons. The fraction of sp³-hybridized carbons (Fsp3) is 0.286. The number of benzene rings is 1. The van der Waals surface area contributed by atoms with Crippen molar-refractivity contribution in [1.82, 2.24) is 9.13 Å². The Balaban J connectivity index is 2.69. The quantitative estimate of drug-likeness (QED) is 0.767. The third kappa shape index (κ3) is 3.04. The van der Waals surface area contributed by atoms with Crippen LogP contribution in [0, 0.1) is 13.8 Å². The lowest BCUT2D eigenvalue weighted by Crippen LogP contribution is -2.41. The molecule has 0 fully saturated rings. The van der Waals surface area contributed by atoms with Gasteiger partial charge in [-0.2, -0.15) is 8.42 Å². The summed E-state index contributed by atoms with van der Waals surface area (Å²) in [7, 11) is -1.89. The zero-order chi connectivity index (χ0) is 17.5. The maximum atomic E-state index is 12.5. The molecule has 0 unspecified atom stereocenters. The molecule has 124 valence electrons. The van der Waals surface area contributed by atoms with E-state index in [4.69, 9.17) is 15.8 Å². The predicted molar refractivity (Wildman–Crippen MR) is 85.7 cm³/mol. The Kier molecular flexibility index (Phi) is 4.41. The number of nitrogens with zero attached hydrogens (tertiary/aromatic N) is 2. The molecule has 0 aliphatic carbocycles. The molecule has 0 aliphatic rings. The van der Waals surface area contributed by atoms with E-state index in [2.05, 4.69) is 0 Å². The highest BCUT2D eigenvalue weighted by Crippen LogP contribution is 2.28. The molecule has 23 heavy (non-hydrogen) atoms. The van der Waals surface area contributed by atoms with Crippen LogP contribution in [-0.4, -0.2) is 17.6 Å². The Morgan fingerprint density at radius 2 is 1.70 bits per heavy atom. The van der Waals surface area contributed by atoms with Crippen LogP contribution in [0.1, 0.15) is 11.3 Å². The van der Waals surface area contributed by atoms with Crippen LogP contribution in [0.25, 0.3) is 0 Å². The second-order valence-electron chi connectivity index (χ2n) is 5.09. The molecule has 0 atom stereocenters. The molecule has 0 saturated heterocycles. The van der Waals surface area contributed by atoms with E-state index < -0.39 is 26.3 Å². The van der Waals surface area contributed by atoms with Gasteiger partial charge in [0.2, 0.25) is 0 Å². The average Bonchev–Trinajstić information content (AvgIpc) is 2.46. The molecule has 0 N–H and O–H groups in total. The van der Waals surface area contributed by atoms with Gasteiger partial charge in [0.1, 0.15) is 0 Å². The van der Waals surface area contributed by atoms with Gasteiger partial charge in [-0.05, 0) is 31.5 Å². The Morgan fingerprint density at radius 1 is 1.09 bits per heavy atom. The summed E-state index contributed by atoms with van der Waals surface area (Å²) in [6, 6.07) is 4.63. The van der Waals surface area contributed by atoms with Gasteiger partial charge in [0.05, 0.1) is 5.02 Å². The van der Waals surface area contributed by atoms with Crippen molar-refractivity contribution in [3.8, 4) is 5.75 Å². The number of aryl methyl sites for hydroxylation is 1. The molecule has 9 heteroatoms. The van der Waals surface area contributed by atoms with Crippen LogP contribution in [-0.2, 0) is 24.2 Å². The summed E-state index contributed by atoms with van der Waals surface area (Å²) in [5, 5.41) is 0.0958. The molecule has 0 spiro atoms. The molecule has 2 aromatic rings. The summed E-state index contributed by atoms with van der Waals surface area (Å²) >= 11 is 5.93. The molecule has 1 heterocycles. The summed E-state index contributed by atoms with van der Waals surface area (Å²) in [5.74, 6) is -0.0815. The maximum Gasteiger partial charge on any atom is 0.346 e. The van der Waals surface area contributed by atoms with Crippen LogP contribution < -0.4 is 15.4 Å². The summed E-state index contributed by atoms with van der Waals surface area (Å²) < 4.78 is 31.8. The SMILES string of the molecule is Cc1ccc(Cl)c(OS(=O)(=O)c2c(C)n(C)c(=O)n(C)c2=O)c1. The predicted octanol–water partition coefficient (Wildman–Crippen LogP) is 1.12. The van der Waals surface area contributed by atoms with E-state index in [1.165, 1.54) is 33.2 Å². The first-order chi connectivity index (χ1) is 10.6. The number of halogens is 1. The third-order valence-electron chi connectivity index (χ3n) is 3.44. The van der Waals surface area contributed by atoms with Crippen LogP contribution in [0.5, 0.6) is 5.75 Å². The average molecular weight is 359 g/mol. The van der Waals surface area contributed by atoms with Crippen molar-refractivity contribution in [3.05, 3.63) is 55.3 Å². The Labute approximate surface area is 137 Å². The van der Waals surface area contributed by atoms with E-state index in [0.29, 0.717) is 4.57 Å². The zero-order valence-corrected chi connectivity index (χ0v) is 14.5. The third-order valence-corrected chi connectivity index (χ3v) is 5.12. The van der Waals surface area contributed by atoms with Crippen LogP contribution in [0.4, 0.5) is 0 Å². The van der Waals surface area contributed by atoms with Gasteiger partial charge in [-0.15, -0.1) is 0 Å². The van der Waals surface area contributed by atoms with E-state index >= 15 is 0 Å². The number of hydrogen-bond donors (Lipinski definition) is 0. The summed E-state index contributed by atoms with van der Waals surface area (Å²) in [6.45, 7) is 3.10. The number of rotatable bonds is 3. The van der Waals surface area contributed by atoms with Crippen LogP contribution in [0.2, 0.25) is 5.02 Å². The first-order valence-corrected chi connectivity index (χ1v) is 8.32. The second kappa shape index (κ2) is 5.86. The van der Waals surface area contributed by atoms with Crippen molar-refractivity contribution < 1.29 is 12.6 Å². The lowest BCUT2D eigenvalue weighted by atomic mass is 10.2. The lowest BCUT2D eigenvalue weighted by molar-refractivity contribution is 0.478. The van der Waals surface area contributed by atoms with Gasteiger partial charge in [-0.3, -0.25) is 13.9 Å². The van der Waals surface area contributed by atoms with Crippen molar-refractivity contribution in [1.29, 1.82) is 0 Å². The second-order valence-corrected chi connectivity index (χ2v) is 6.98. The van der Waals surface area contributed by atoms with E-state index in [9.17, 15) is 18.0 Å². The molecular weight excluding hydrogens is 344 g/mol. The molecule has 0 saturated carbocycles. The van der Waals surface area contributed by atoms with Crippen molar-refractivity contribution >= 4 is 21.7 Å². The number of hydrogen-bond acceptors (Lipinski definition) is 5. The molecular formula is C14H15ClN2O5S. The fourth-order valence-electron chi connectivity index (χ4n) is 2.04. The minimum Gasteiger partial charge on any atom is -0.377 e.